The van der Waals surface area contributed by atoms with E-state index < -0.39 is 0 Å². The lowest BCUT2D eigenvalue weighted by atomic mass is 10.1. The minimum absolute atomic E-state index is 0.00153. The predicted molar refractivity (Wildman–Crippen MR) is 72.7 cm³/mol. The highest BCUT2D eigenvalue weighted by molar-refractivity contribution is 9.09. The molecule has 1 N–H and O–H groups in total. The lowest BCUT2D eigenvalue weighted by molar-refractivity contribution is 0.0908. The summed E-state index contributed by atoms with van der Waals surface area (Å²) in [6.07, 6.45) is 0.982. The van der Waals surface area contributed by atoms with Gasteiger partial charge in [-0.1, -0.05) is 35.0 Å². The van der Waals surface area contributed by atoms with Gasteiger partial charge in [-0.15, -0.1) is 0 Å². The molecule has 1 amide bonds. The van der Waals surface area contributed by atoms with Crippen molar-refractivity contribution in [3.05, 3.63) is 35.4 Å². The van der Waals surface area contributed by atoms with Crippen LogP contribution in [0.5, 0.6) is 0 Å². The van der Waals surface area contributed by atoms with Gasteiger partial charge >= 0.3 is 0 Å². The monoisotopic (exact) mass is 299 g/mol. The van der Waals surface area contributed by atoms with E-state index in [0.29, 0.717) is 17.5 Å². The Labute approximate surface area is 111 Å². The summed E-state index contributed by atoms with van der Waals surface area (Å²) in [4.78, 5) is 11.9. The zero-order valence-electron chi connectivity index (χ0n) is 10.2. The van der Waals surface area contributed by atoms with E-state index in [1.807, 2.05) is 24.3 Å². The lowest BCUT2D eigenvalue weighted by Crippen LogP contribution is -2.39. The second kappa shape index (κ2) is 7.45. The van der Waals surface area contributed by atoms with Crippen molar-refractivity contribution in [3.8, 4) is 0 Å². The Kier molecular flexibility index (Phi) is 6.22. The van der Waals surface area contributed by atoms with Crippen LogP contribution in [0.15, 0.2) is 24.3 Å². The van der Waals surface area contributed by atoms with Crippen molar-refractivity contribution < 1.29 is 9.53 Å². The topological polar surface area (TPSA) is 38.3 Å². The number of aryl methyl sites for hydroxylation is 1. The van der Waals surface area contributed by atoms with E-state index >= 15 is 0 Å². The third-order valence-corrected chi connectivity index (χ3v) is 3.30. The molecule has 0 heterocycles. The van der Waals surface area contributed by atoms with Crippen LogP contribution in [0.4, 0.5) is 0 Å². The van der Waals surface area contributed by atoms with Crippen LogP contribution < -0.4 is 5.32 Å². The largest absolute Gasteiger partial charge is 0.383 e. The second-order valence-corrected chi connectivity index (χ2v) is 4.48. The lowest BCUT2D eigenvalue weighted by Gasteiger charge is -2.15. The third kappa shape index (κ3) is 4.48. The maximum atomic E-state index is 11.9. The van der Waals surface area contributed by atoms with Crippen LogP contribution in [0.25, 0.3) is 0 Å². The van der Waals surface area contributed by atoms with Gasteiger partial charge in [0.25, 0.3) is 5.91 Å². The van der Waals surface area contributed by atoms with Crippen molar-refractivity contribution in [1.29, 1.82) is 0 Å². The van der Waals surface area contributed by atoms with Crippen LogP contribution in [0.2, 0.25) is 0 Å². The molecular weight excluding hydrogens is 282 g/mol. The fourth-order valence-corrected chi connectivity index (χ4v) is 1.84. The second-order valence-electron chi connectivity index (χ2n) is 3.83. The standard InChI is InChI=1S/C13H18BrNO2/c1-3-10-4-6-11(7-5-10)13(16)15-12(8-14)9-17-2/h4-7,12H,3,8-9H2,1-2H3,(H,15,16). The quantitative estimate of drug-likeness (QED) is 0.819. The van der Waals surface area contributed by atoms with Gasteiger partial charge in [0.1, 0.15) is 0 Å². The summed E-state index contributed by atoms with van der Waals surface area (Å²) in [6.45, 7) is 2.60. The molecule has 17 heavy (non-hydrogen) atoms. The molecule has 0 aliphatic heterocycles. The van der Waals surface area contributed by atoms with Gasteiger partial charge in [-0.2, -0.15) is 0 Å². The Morgan fingerprint density at radius 3 is 2.53 bits per heavy atom. The molecule has 1 atom stereocenters. The van der Waals surface area contributed by atoms with Gasteiger partial charge in [0.15, 0.2) is 0 Å². The molecule has 0 bridgehead atoms. The first kappa shape index (κ1) is 14.2. The molecule has 1 aromatic rings. The van der Waals surface area contributed by atoms with Crippen LogP contribution in [-0.4, -0.2) is 31.0 Å². The van der Waals surface area contributed by atoms with E-state index in [2.05, 4.69) is 28.2 Å². The van der Waals surface area contributed by atoms with Crippen LogP contribution in [0.1, 0.15) is 22.8 Å². The highest BCUT2D eigenvalue weighted by Crippen LogP contribution is 2.05. The van der Waals surface area contributed by atoms with E-state index in [4.69, 9.17) is 4.74 Å². The van der Waals surface area contributed by atoms with Gasteiger partial charge < -0.3 is 10.1 Å². The number of amides is 1. The number of carbonyl (C=O) groups is 1. The molecule has 0 fully saturated rings. The van der Waals surface area contributed by atoms with Crippen LogP contribution in [0.3, 0.4) is 0 Å². The zero-order chi connectivity index (χ0) is 12.7. The summed E-state index contributed by atoms with van der Waals surface area (Å²) in [6, 6.07) is 7.67. The number of nitrogens with one attached hydrogen (secondary N) is 1. The van der Waals surface area contributed by atoms with Gasteiger partial charge in [0.05, 0.1) is 12.6 Å². The van der Waals surface area contributed by atoms with Crippen molar-refractivity contribution in [2.75, 3.05) is 19.0 Å². The Morgan fingerprint density at radius 1 is 1.41 bits per heavy atom. The van der Waals surface area contributed by atoms with Gasteiger partial charge in [0.2, 0.25) is 0 Å². The van der Waals surface area contributed by atoms with E-state index in [1.165, 1.54) is 5.56 Å². The first-order valence-electron chi connectivity index (χ1n) is 5.66. The zero-order valence-corrected chi connectivity index (χ0v) is 11.8. The number of hydrogen-bond acceptors (Lipinski definition) is 2. The molecule has 0 saturated heterocycles. The highest BCUT2D eigenvalue weighted by Gasteiger charge is 2.12. The summed E-state index contributed by atoms with van der Waals surface area (Å²) in [5.74, 6) is -0.0610. The van der Waals surface area contributed by atoms with Gasteiger partial charge in [-0.3, -0.25) is 4.79 Å². The van der Waals surface area contributed by atoms with Gasteiger partial charge in [0, 0.05) is 18.0 Å². The highest BCUT2D eigenvalue weighted by atomic mass is 79.9. The van der Waals surface area contributed by atoms with E-state index in [1.54, 1.807) is 7.11 Å². The molecule has 0 spiro atoms. The fraction of sp³-hybridized carbons (Fsp3) is 0.462. The minimum Gasteiger partial charge on any atom is -0.383 e. The normalized spacial score (nSPS) is 12.2. The smallest absolute Gasteiger partial charge is 0.251 e. The summed E-state index contributed by atoms with van der Waals surface area (Å²) in [5, 5.41) is 3.59. The Morgan fingerprint density at radius 2 is 2.06 bits per heavy atom. The first-order valence-corrected chi connectivity index (χ1v) is 6.78. The summed E-state index contributed by atoms with van der Waals surface area (Å²) < 4.78 is 5.02. The molecule has 1 aromatic carbocycles. The van der Waals surface area contributed by atoms with Gasteiger partial charge in [-0.25, -0.2) is 0 Å². The van der Waals surface area contributed by atoms with Crippen molar-refractivity contribution in [2.45, 2.75) is 19.4 Å². The molecule has 0 aliphatic carbocycles. The SMILES string of the molecule is CCc1ccc(C(=O)NC(CBr)COC)cc1. The number of carbonyl (C=O) groups excluding carboxylic acids is 1. The number of hydrogen-bond donors (Lipinski definition) is 1. The third-order valence-electron chi connectivity index (χ3n) is 2.51. The molecule has 4 heteroatoms. The van der Waals surface area contributed by atoms with Crippen LogP contribution in [-0.2, 0) is 11.2 Å². The summed E-state index contributed by atoms with van der Waals surface area (Å²) in [5.41, 5.74) is 1.92. The number of rotatable bonds is 6. The minimum atomic E-state index is -0.0610. The average molecular weight is 300 g/mol. The molecule has 0 aliphatic rings. The summed E-state index contributed by atoms with van der Waals surface area (Å²) in [7, 11) is 1.62. The fourth-order valence-electron chi connectivity index (χ4n) is 1.49. The first-order chi connectivity index (χ1) is 8.21. The van der Waals surface area contributed by atoms with E-state index in [-0.39, 0.29) is 11.9 Å². The van der Waals surface area contributed by atoms with Crippen molar-refractivity contribution in [1.82, 2.24) is 5.32 Å². The van der Waals surface area contributed by atoms with Crippen molar-refractivity contribution in [2.24, 2.45) is 0 Å². The molecule has 1 unspecified atom stereocenters. The Hall–Kier alpha value is -0.870. The number of alkyl halides is 1. The molecule has 0 saturated carbocycles. The van der Waals surface area contributed by atoms with Crippen molar-refractivity contribution in [3.63, 3.8) is 0 Å². The Balaban J connectivity index is 2.62. The summed E-state index contributed by atoms with van der Waals surface area (Å²) >= 11 is 3.35. The molecule has 3 nitrogen and oxygen atoms in total. The maximum absolute atomic E-state index is 11.9. The number of methoxy groups -OCH3 is 1. The predicted octanol–water partition coefficient (Wildman–Crippen LogP) is 2.39. The van der Waals surface area contributed by atoms with Crippen molar-refractivity contribution >= 4 is 21.8 Å². The number of benzene rings is 1. The number of ether oxygens (including phenoxy) is 1. The van der Waals surface area contributed by atoms with E-state index in [9.17, 15) is 4.79 Å². The molecule has 0 aromatic heterocycles. The number of halogens is 1. The molecule has 94 valence electrons. The molecule has 0 radical (unpaired) electrons. The molecular formula is C13H18BrNO2. The maximum Gasteiger partial charge on any atom is 0.251 e. The Bertz CT molecular complexity index is 351. The van der Waals surface area contributed by atoms with Gasteiger partial charge in [-0.05, 0) is 24.1 Å². The molecule has 1 rings (SSSR count). The average Bonchev–Trinajstić information content (AvgIpc) is 2.38. The van der Waals surface area contributed by atoms with E-state index in [0.717, 1.165) is 6.42 Å². The van der Waals surface area contributed by atoms with Crippen LogP contribution >= 0.6 is 15.9 Å². The van der Waals surface area contributed by atoms with Crippen LogP contribution in [0, 0.1) is 0 Å².